The topological polar surface area (TPSA) is 86.3 Å². The number of hydrogen-bond donors (Lipinski definition) is 3. The summed E-state index contributed by atoms with van der Waals surface area (Å²) in [7, 11) is 0. The third kappa shape index (κ3) is 3.19. The van der Waals surface area contributed by atoms with Gasteiger partial charge in [0, 0.05) is 32.2 Å². The van der Waals surface area contributed by atoms with Gasteiger partial charge in [0.1, 0.15) is 0 Å². The maximum absolute atomic E-state index is 12.7. The van der Waals surface area contributed by atoms with E-state index in [2.05, 4.69) is 36.8 Å². The number of benzene rings is 3. The quantitative estimate of drug-likeness (QED) is 0.406. The Morgan fingerprint density at radius 1 is 1.00 bits per heavy atom. The van der Waals surface area contributed by atoms with Crippen molar-refractivity contribution >= 4 is 50.5 Å². The van der Waals surface area contributed by atoms with Crippen LogP contribution in [0, 0.1) is 0 Å². The van der Waals surface area contributed by atoms with Gasteiger partial charge in [-0.3, -0.25) is 9.59 Å². The van der Waals surface area contributed by atoms with Crippen molar-refractivity contribution in [1.29, 1.82) is 0 Å². The highest BCUT2D eigenvalue weighted by atomic mass is 79.9. The van der Waals surface area contributed by atoms with Crippen molar-refractivity contribution in [2.45, 2.75) is 0 Å². The van der Waals surface area contributed by atoms with E-state index in [9.17, 15) is 9.59 Å². The lowest BCUT2D eigenvalue weighted by Crippen LogP contribution is -2.17. The van der Waals surface area contributed by atoms with Crippen LogP contribution in [0.1, 0.15) is 26.3 Å². The first-order valence-corrected chi connectivity index (χ1v) is 10.0. The number of anilines is 1. The highest BCUT2D eigenvalue weighted by Crippen LogP contribution is 2.34. The van der Waals surface area contributed by atoms with Gasteiger partial charge in [0.2, 0.25) is 0 Å². The number of nitrogens with zero attached hydrogens (tertiary/aromatic N) is 1. The zero-order valence-electron chi connectivity index (χ0n) is 15.6. The lowest BCUT2D eigenvalue weighted by atomic mass is 10.0. The van der Waals surface area contributed by atoms with E-state index in [4.69, 9.17) is 0 Å². The number of H-pyrrole nitrogens is 1. The monoisotopic (exact) mass is 458 g/mol. The number of nitrogens with one attached hydrogen (secondary N) is 3. The van der Waals surface area contributed by atoms with E-state index >= 15 is 0 Å². The van der Waals surface area contributed by atoms with Crippen LogP contribution >= 0.6 is 15.9 Å². The molecule has 0 spiro atoms. The van der Waals surface area contributed by atoms with E-state index in [1.807, 2.05) is 42.5 Å². The molecule has 0 radical (unpaired) electrons. The van der Waals surface area contributed by atoms with Crippen LogP contribution in [0.2, 0.25) is 0 Å². The van der Waals surface area contributed by atoms with Gasteiger partial charge in [-0.15, -0.1) is 0 Å². The Hall–Kier alpha value is -3.71. The average molecular weight is 459 g/mol. The summed E-state index contributed by atoms with van der Waals surface area (Å²) in [5, 5.41) is 7.72. The van der Waals surface area contributed by atoms with Crippen LogP contribution in [-0.2, 0) is 0 Å². The molecule has 3 N–H and O–H groups in total. The summed E-state index contributed by atoms with van der Waals surface area (Å²) >= 11 is 3.38. The molecule has 5 rings (SSSR count). The van der Waals surface area contributed by atoms with Crippen molar-refractivity contribution in [2.75, 3.05) is 5.32 Å². The zero-order chi connectivity index (χ0) is 20.7. The third-order valence-electron chi connectivity index (χ3n) is 4.95. The fourth-order valence-corrected chi connectivity index (χ4v) is 4.02. The largest absolute Gasteiger partial charge is 0.354 e. The van der Waals surface area contributed by atoms with Gasteiger partial charge >= 0.3 is 0 Å². The van der Waals surface area contributed by atoms with Crippen molar-refractivity contribution in [3.63, 3.8) is 0 Å². The molecule has 0 saturated carbocycles. The van der Waals surface area contributed by atoms with Crippen molar-refractivity contribution in [1.82, 2.24) is 10.4 Å². The van der Waals surface area contributed by atoms with Gasteiger partial charge in [-0.2, -0.15) is 5.10 Å². The van der Waals surface area contributed by atoms with Gasteiger partial charge in [0.15, 0.2) is 0 Å². The maximum Gasteiger partial charge on any atom is 0.272 e. The second kappa shape index (κ2) is 7.27. The first kappa shape index (κ1) is 18.3. The van der Waals surface area contributed by atoms with Gasteiger partial charge in [-0.25, -0.2) is 5.43 Å². The van der Waals surface area contributed by atoms with E-state index in [1.54, 1.807) is 30.5 Å². The number of carbonyl (C=O) groups excluding carboxylic acids is 2. The van der Waals surface area contributed by atoms with E-state index < -0.39 is 0 Å². The molecule has 1 aromatic heterocycles. The Morgan fingerprint density at radius 3 is 2.63 bits per heavy atom. The Balaban J connectivity index is 1.64. The summed E-state index contributed by atoms with van der Waals surface area (Å²) in [5.74, 6) is -0.588. The number of amides is 2. The molecule has 0 unspecified atom stereocenters. The van der Waals surface area contributed by atoms with Crippen molar-refractivity contribution in [2.24, 2.45) is 5.10 Å². The molecule has 0 bridgehead atoms. The van der Waals surface area contributed by atoms with Crippen LogP contribution in [0.15, 0.2) is 76.3 Å². The molecule has 3 aromatic carbocycles. The summed E-state index contributed by atoms with van der Waals surface area (Å²) in [5.41, 5.74) is 7.43. The molecule has 2 amide bonds. The molecule has 30 heavy (non-hydrogen) atoms. The minimum atomic E-state index is -0.327. The first-order chi connectivity index (χ1) is 14.6. The second-order valence-electron chi connectivity index (χ2n) is 6.89. The van der Waals surface area contributed by atoms with Gasteiger partial charge < -0.3 is 10.3 Å². The minimum absolute atomic E-state index is 0.261. The molecule has 1 aliphatic heterocycles. The van der Waals surface area contributed by atoms with Crippen LogP contribution in [0.3, 0.4) is 0 Å². The number of hydrogen-bond acceptors (Lipinski definition) is 3. The Bertz CT molecular complexity index is 1340. The standard InChI is InChI=1S/C23H15BrN4O2/c24-15-8-4-7-14(9-15)22(29)26-16-10-17-20-18(12-25-28-23(17)30)21(27-19(20)11-16)13-5-2-1-3-6-13/h1-12,27H,(H,26,29)(H,28,30). The lowest BCUT2D eigenvalue weighted by molar-refractivity contribution is 0.0955. The number of hydrazone groups is 1. The van der Waals surface area contributed by atoms with E-state index in [1.165, 1.54) is 0 Å². The number of carbonyl (C=O) groups is 2. The summed E-state index contributed by atoms with van der Waals surface area (Å²) < 4.78 is 0.815. The SMILES string of the molecule is O=C(Nc1cc2c3c(c(-c4ccccc4)[nH]c3c1)C=NNC2=O)c1cccc(Br)c1. The van der Waals surface area contributed by atoms with Gasteiger partial charge in [-0.1, -0.05) is 52.3 Å². The molecule has 6 nitrogen and oxygen atoms in total. The molecule has 0 saturated heterocycles. The normalized spacial score (nSPS) is 12.5. The summed E-state index contributed by atoms with van der Waals surface area (Å²) in [6.07, 6.45) is 1.65. The molecule has 0 atom stereocenters. The molecule has 2 heterocycles. The number of rotatable bonds is 3. The fourth-order valence-electron chi connectivity index (χ4n) is 3.62. The zero-order valence-corrected chi connectivity index (χ0v) is 17.2. The maximum atomic E-state index is 12.7. The predicted octanol–water partition coefficient (Wildman–Crippen LogP) is 4.93. The Labute approximate surface area is 180 Å². The van der Waals surface area contributed by atoms with Gasteiger partial charge in [0.05, 0.1) is 17.5 Å². The fraction of sp³-hybridized carbons (Fsp3) is 0. The molecule has 0 aliphatic carbocycles. The van der Waals surface area contributed by atoms with Crippen LogP contribution < -0.4 is 10.7 Å². The summed E-state index contributed by atoms with van der Waals surface area (Å²) in [6, 6.07) is 20.5. The van der Waals surface area contributed by atoms with Crippen molar-refractivity contribution in [3.8, 4) is 11.3 Å². The lowest BCUT2D eigenvalue weighted by Gasteiger charge is -2.09. The van der Waals surface area contributed by atoms with Gasteiger partial charge in [0.25, 0.3) is 11.8 Å². The molecule has 1 aliphatic rings. The number of aromatic nitrogens is 1. The Morgan fingerprint density at radius 2 is 1.83 bits per heavy atom. The second-order valence-corrected chi connectivity index (χ2v) is 7.81. The smallest absolute Gasteiger partial charge is 0.272 e. The minimum Gasteiger partial charge on any atom is -0.354 e. The summed E-state index contributed by atoms with van der Waals surface area (Å²) in [6.45, 7) is 0. The first-order valence-electron chi connectivity index (χ1n) is 9.25. The van der Waals surface area contributed by atoms with E-state index in [-0.39, 0.29) is 11.8 Å². The molecule has 146 valence electrons. The molecular weight excluding hydrogens is 444 g/mol. The highest BCUT2D eigenvalue weighted by molar-refractivity contribution is 9.10. The van der Waals surface area contributed by atoms with Crippen LogP contribution in [0.5, 0.6) is 0 Å². The van der Waals surface area contributed by atoms with E-state index in [0.29, 0.717) is 16.8 Å². The number of halogens is 1. The molecule has 4 aromatic rings. The van der Waals surface area contributed by atoms with Gasteiger partial charge in [-0.05, 0) is 35.9 Å². The third-order valence-corrected chi connectivity index (χ3v) is 5.44. The molecule has 7 heteroatoms. The van der Waals surface area contributed by atoms with Crippen molar-refractivity contribution < 1.29 is 9.59 Å². The van der Waals surface area contributed by atoms with E-state index in [0.717, 1.165) is 32.2 Å². The Kier molecular flexibility index (Phi) is 4.44. The van der Waals surface area contributed by atoms with Crippen LogP contribution in [0.4, 0.5) is 5.69 Å². The van der Waals surface area contributed by atoms with Crippen molar-refractivity contribution in [3.05, 3.63) is 87.9 Å². The predicted molar refractivity (Wildman–Crippen MR) is 121 cm³/mol. The molecular formula is C23H15BrN4O2. The molecule has 0 fully saturated rings. The number of aromatic amines is 1. The summed E-state index contributed by atoms with van der Waals surface area (Å²) in [4.78, 5) is 28.7. The van der Waals surface area contributed by atoms with Crippen LogP contribution in [-0.4, -0.2) is 23.0 Å². The highest BCUT2D eigenvalue weighted by Gasteiger charge is 2.22. The van der Waals surface area contributed by atoms with Crippen LogP contribution in [0.25, 0.3) is 22.2 Å². The average Bonchev–Trinajstić information content (AvgIpc) is 3.03.